The van der Waals surface area contributed by atoms with E-state index in [-0.39, 0.29) is 23.6 Å². The molecular formula is C32H33N3O4S. The summed E-state index contributed by atoms with van der Waals surface area (Å²) in [6.07, 6.45) is 0.599. The van der Waals surface area contributed by atoms with E-state index in [1.165, 1.54) is 16.9 Å². The number of carbonyl (C=O) groups is 2. The molecule has 4 aromatic rings. The molecule has 0 saturated carbocycles. The second kappa shape index (κ2) is 11.9. The molecule has 0 radical (unpaired) electrons. The lowest BCUT2D eigenvalue weighted by Crippen LogP contribution is -2.44. The predicted octanol–water partition coefficient (Wildman–Crippen LogP) is 6.53. The number of hydrogen-bond acceptors (Lipinski definition) is 6. The first kappa shape index (κ1) is 27.4. The molecule has 1 aliphatic rings. The fourth-order valence-electron chi connectivity index (χ4n) is 5.40. The average Bonchev–Trinajstić information content (AvgIpc) is 3.30. The summed E-state index contributed by atoms with van der Waals surface area (Å²) in [7, 11) is 0. The number of ether oxygens (including phenoxy) is 1. The van der Waals surface area contributed by atoms with E-state index < -0.39 is 5.97 Å². The van der Waals surface area contributed by atoms with Gasteiger partial charge in [-0.25, -0.2) is 4.79 Å². The normalized spacial score (nSPS) is 15.7. The third kappa shape index (κ3) is 5.88. The van der Waals surface area contributed by atoms with E-state index in [0.29, 0.717) is 31.1 Å². The molecule has 1 aromatic heterocycles. The van der Waals surface area contributed by atoms with Gasteiger partial charge < -0.3 is 20.5 Å². The van der Waals surface area contributed by atoms with Crippen LogP contribution in [0.2, 0.25) is 0 Å². The fourth-order valence-corrected chi connectivity index (χ4v) is 6.62. The van der Waals surface area contributed by atoms with Gasteiger partial charge in [0, 0.05) is 37.5 Å². The molecule has 0 bridgehead atoms. The number of carboxylic acids is 1. The number of rotatable bonds is 9. The van der Waals surface area contributed by atoms with Crippen molar-refractivity contribution in [2.45, 2.75) is 38.9 Å². The van der Waals surface area contributed by atoms with Gasteiger partial charge in [0.25, 0.3) is 0 Å². The number of nitrogens with two attached hydrogens (primary N) is 1. The van der Waals surface area contributed by atoms with Gasteiger partial charge in [-0.15, -0.1) is 11.3 Å². The van der Waals surface area contributed by atoms with Crippen molar-refractivity contribution in [2.24, 2.45) is 0 Å². The summed E-state index contributed by atoms with van der Waals surface area (Å²) in [6, 6.07) is 27.5. The van der Waals surface area contributed by atoms with Crippen LogP contribution in [0.5, 0.6) is 11.5 Å². The van der Waals surface area contributed by atoms with Gasteiger partial charge in [0.05, 0.1) is 11.6 Å². The zero-order valence-corrected chi connectivity index (χ0v) is 23.4. The molecule has 2 heterocycles. The maximum atomic E-state index is 12.9. The largest absolute Gasteiger partial charge is 0.478 e. The van der Waals surface area contributed by atoms with Gasteiger partial charge in [0.1, 0.15) is 16.5 Å². The van der Waals surface area contributed by atoms with E-state index >= 15 is 0 Å². The van der Waals surface area contributed by atoms with Crippen LogP contribution in [0.4, 0.5) is 5.00 Å². The Bertz CT molecular complexity index is 1470. The van der Waals surface area contributed by atoms with Crippen molar-refractivity contribution in [3.63, 3.8) is 0 Å². The monoisotopic (exact) mass is 555 g/mol. The number of carboxylic acid groups (broad SMARTS) is 1. The van der Waals surface area contributed by atoms with E-state index in [0.717, 1.165) is 27.5 Å². The number of hydrogen-bond donors (Lipinski definition) is 2. The van der Waals surface area contributed by atoms with Crippen LogP contribution in [0.1, 0.15) is 57.9 Å². The molecule has 2 atom stereocenters. The van der Waals surface area contributed by atoms with Crippen LogP contribution in [0, 0.1) is 0 Å². The Kier molecular flexibility index (Phi) is 8.19. The van der Waals surface area contributed by atoms with Gasteiger partial charge in [0.15, 0.2) is 0 Å². The fraction of sp³-hybridized carbons (Fsp3) is 0.250. The average molecular weight is 556 g/mol. The quantitative estimate of drug-likeness (QED) is 0.244. The molecular weight excluding hydrogens is 522 g/mol. The van der Waals surface area contributed by atoms with E-state index in [2.05, 4.69) is 24.0 Å². The van der Waals surface area contributed by atoms with Crippen molar-refractivity contribution in [3.8, 4) is 11.5 Å². The number of benzene rings is 3. The third-order valence-electron chi connectivity index (χ3n) is 7.50. The summed E-state index contributed by atoms with van der Waals surface area (Å²) in [6.45, 7) is 5.24. The summed E-state index contributed by atoms with van der Waals surface area (Å²) < 4.78 is 5.92. The van der Waals surface area contributed by atoms with Crippen molar-refractivity contribution < 1.29 is 19.4 Å². The van der Waals surface area contributed by atoms with Crippen molar-refractivity contribution in [2.75, 3.05) is 18.8 Å². The number of aromatic carboxylic acids is 1. The highest BCUT2D eigenvalue weighted by Gasteiger charge is 2.37. The van der Waals surface area contributed by atoms with Gasteiger partial charge in [-0.05, 0) is 54.3 Å². The molecule has 7 nitrogen and oxygen atoms in total. The Morgan fingerprint density at radius 2 is 1.65 bits per heavy atom. The lowest BCUT2D eigenvalue weighted by atomic mass is 9.93. The first-order chi connectivity index (χ1) is 19.3. The molecule has 1 aliphatic heterocycles. The lowest BCUT2D eigenvalue weighted by Gasteiger charge is -2.42. The topological polar surface area (TPSA) is 96.1 Å². The van der Waals surface area contributed by atoms with Gasteiger partial charge in [-0.2, -0.15) is 0 Å². The van der Waals surface area contributed by atoms with Crippen LogP contribution in [0.3, 0.4) is 0 Å². The molecule has 206 valence electrons. The SMILES string of the molecule is CC(=O)N(Cc1ccc(Oc2ccccc2)cc1)C[C@H]1c2sc(N)c(C(=O)O)c2CCN1[C@@H](C)c1ccccc1. The zero-order chi connectivity index (χ0) is 28.2. The lowest BCUT2D eigenvalue weighted by molar-refractivity contribution is -0.130. The van der Waals surface area contributed by atoms with Crippen molar-refractivity contribution >= 4 is 28.2 Å². The minimum absolute atomic E-state index is 0.0490. The number of carbonyl (C=O) groups excluding carboxylic acids is 1. The summed E-state index contributed by atoms with van der Waals surface area (Å²) in [4.78, 5) is 30.1. The number of fused-ring (bicyclic) bond motifs is 1. The summed E-state index contributed by atoms with van der Waals surface area (Å²) >= 11 is 1.33. The highest BCUT2D eigenvalue weighted by atomic mass is 32.1. The molecule has 0 aliphatic carbocycles. The number of nitrogens with zero attached hydrogens (tertiary/aromatic N) is 2. The highest BCUT2D eigenvalue weighted by molar-refractivity contribution is 7.16. The van der Waals surface area contributed by atoms with E-state index in [4.69, 9.17) is 10.5 Å². The summed E-state index contributed by atoms with van der Waals surface area (Å²) in [5, 5.41) is 10.2. The van der Waals surface area contributed by atoms with Crippen LogP contribution in [-0.4, -0.2) is 39.9 Å². The van der Waals surface area contributed by atoms with E-state index in [9.17, 15) is 14.7 Å². The number of anilines is 1. The zero-order valence-electron chi connectivity index (χ0n) is 22.6. The number of thiophene rings is 1. The number of amides is 1. The van der Waals surface area contributed by atoms with Crippen LogP contribution < -0.4 is 10.5 Å². The highest BCUT2D eigenvalue weighted by Crippen LogP contribution is 2.44. The molecule has 0 spiro atoms. The predicted molar refractivity (Wildman–Crippen MR) is 158 cm³/mol. The smallest absolute Gasteiger partial charge is 0.338 e. The van der Waals surface area contributed by atoms with Gasteiger partial charge in [-0.1, -0.05) is 60.7 Å². The molecule has 1 amide bonds. The summed E-state index contributed by atoms with van der Waals surface area (Å²) in [5.41, 5.74) is 9.38. The first-order valence-electron chi connectivity index (χ1n) is 13.3. The van der Waals surface area contributed by atoms with E-state index in [1.54, 1.807) is 6.92 Å². The standard InChI is InChI=1S/C32H33N3O4S/c1-21(24-9-5-3-6-10-24)35-18-17-27-29(32(37)38)31(33)40-30(27)28(35)20-34(22(2)36)19-23-13-15-26(16-14-23)39-25-11-7-4-8-12-25/h3-16,21,28H,17-20,33H2,1-2H3,(H,37,38)/t21-,28-/m0/s1. The maximum absolute atomic E-state index is 12.9. The van der Waals surface area contributed by atoms with Crippen LogP contribution in [-0.2, 0) is 17.8 Å². The first-order valence-corrected chi connectivity index (χ1v) is 14.2. The number of nitrogen functional groups attached to an aromatic ring is 1. The van der Waals surface area contributed by atoms with Crippen LogP contribution >= 0.6 is 11.3 Å². The number of para-hydroxylation sites is 1. The second-order valence-corrected chi connectivity index (χ2v) is 11.1. The Balaban J connectivity index is 1.42. The van der Waals surface area contributed by atoms with Crippen molar-refractivity contribution in [3.05, 3.63) is 112 Å². The molecule has 8 heteroatoms. The van der Waals surface area contributed by atoms with Crippen LogP contribution in [0.25, 0.3) is 0 Å². The Hall–Kier alpha value is -4.14. The molecule has 40 heavy (non-hydrogen) atoms. The maximum Gasteiger partial charge on any atom is 0.338 e. The second-order valence-electron chi connectivity index (χ2n) is 10.0. The summed E-state index contributed by atoms with van der Waals surface area (Å²) in [5.74, 6) is 0.434. The van der Waals surface area contributed by atoms with Gasteiger partial charge in [0.2, 0.25) is 5.91 Å². The minimum atomic E-state index is -1.00. The Morgan fingerprint density at radius 3 is 2.27 bits per heavy atom. The molecule has 3 N–H and O–H groups in total. The molecule has 3 aromatic carbocycles. The Morgan fingerprint density at radius 1 is 1.02 bits per heavy atom. The molecule has 0 unspecified atom stereocenters. The third-order valence-corrected chi connectivity index (χ3v) is 8.66. The molecule has 5 rings (SSSR count). The molecule has 0 saturated heterocycles. The van der Waals surface area contributed by atoms with Crippen molar-refractivity contribution in [1.82, 2.24) is 9.80 Å². The van der Waals surface area contributed by atoms with Crippen LogP contribution in [0.15, 0.2) is 84.9 Å². The van der Waals surface area contributed by atoms with Crippen molar-refractivity contribution in [1.29, 1.82) is 0 Å². The minimum Gasteiger partial charge on any atom is -0.478 e. The molecule has 0 fully saturated rings. The van der Waals surface area contributed by atoms with Gasteiger partial charge >= 0.3 is 5.97 Å². The Labute approximate surface area is 238 Å². The van der Waals surface area contributed by atoms with E-state index in [1.807, 2.05) is 77.7 Å². The van der Waals surface area contributed by atoms with Gasteiger partial charge in [-0.3, -0.25) is 9.69 Å².